The van der Waals surface area contributed by atoms with Crippen LogP contribution in [0.5, 0.6) is 0 Å². The SMILES string of the molecule is CN(CCCCC(N)=NO)CC1(O)CCOCC1. The maximum absolute atomic E-state index is 10.3. The number of nitrogens with zero attached hydrogens (tertiary/aromatic N) is 2. The zero-order valence-corrected chi connectivity index (χ0v) is 11.1. The lowest BCUT2D eigenvalue weighted by atomic mass is 9.94. The van der Waals surface area contributed by atoms with Gasteiger partial charge in [0.25, 0.3) is 0 Å². The summed E-state index contributed by atoms with van der Waals surface area (Å²) in [6.07, 6.45) is 3.90. The van der Waals surface area contributed by atoms with Crippen molar-refractivity contribution in [2.75, 3.05) is 33.4 Å². The maximum Gasteiger partial charge on any atom is 0.139 e. The molecule has 4 N–H and O–H groups in total. The lowest BCUT2D eigenvalue weighted by Gasteiger charge is -2.35. The van der Waals surface area contributed by atoms with E-state index in [2.05, 4.69) is 10.1 Å². The topological polar surface area (TPSA) is 91.3 Å². The largest absolute Gasteiger partial charge is 0.409 e. The van der Waals surface area contributed by atoms with Gasteiger partial charge in [-0.15, -0.1) is 0 Å². The first kappa shape index (κ1) is 15.2. The fraction of sp³-hybridized carbons (Fsp3) is 0.917. The average molecular weight is 259 g/mol. The first-order chi connectivity index (χ1) is 8.56. The summed E-state index contributed by atoms with van der Waals surface area (Å²) in [6, 6.07) is 0. The number of aliphatic hydroxyl groups is 1. The highest BCUT2D eigenvalue weighted by Crippen LogP contribution is 2.21. The van der Waals surface area contributed by atoms with E-state index >= 15 is 0 Å². The van der Waals surface area contributed by atoms with Crippen molar-refractivity contribution >= 4 is 5.84 Å². The van der Waals surface area contributed by atoms with Crippen molar-refractivity contribution in [2.45, 2.75) is 37.7 Å². The molecule has 0 bridgehead atoms. The Bertz CT molecular complexity index is 265. The van der Waals surface area contributed by atoms with Gasteiger partial charge in [-0.1, -0.05) is 5.16 Å². The van der Waals surface area contributed by atoms with Crippen LogP contribution < -0.4 is 5.73 Å². The highest BCUT2D eigenvalue weighted by atomic mass is 16.5. The summed E-state index contributed by atoms with van der Waals surface area (Å²) in [5.41, 5.74) is 4.79. The molecule has 0 aromatic carbocycles. The highest BCUT2D eigenvalue weighted by molar-refractivity contribution is 5.79. The van der Waals surface area contributed by atoms with Gasteiger partial charge in [-0.05, 0) is 26.4 Å². The van der Waals surface area contributed by atoms with E-state index in [0.717, 1.165) is 19.4 Å². The molecule has 6 heteroatoms. The molecular weight excluding hydrogens is 234 g/mol. The third-order valence-electron chi connectivity index (χ3n) is 3.34. The van der Waals surface area contributed by atoms with Crippen LogP contribution in [0, 0.1) is 0 Å². The fourth-order valence-electron chi connectivity index (χ4n) is 2.23. The summed E-state index contributed by atoms with van der Waals surface area (Å²) in [4.78, 5) is 2.14. The third-order valence-corrected chi connectivity index (χ3v) is 3.34. The Kier molecular flexibility index (Phi) is 6.38. The molecule has 0 unspecified atom stereocenters. The van der Waals surface area contributed by atoms with Gasteiger partial charge < -0.3 is 25.7 Å². The van der Waals surface area contributed by atoms with E-state index in [1.807, 2.05) is 7.05 Å². The van der Waals surface area contributed by atoms with Gasteiger partial charge in [0.15, 0.2) is 0 Å². The van der Waals surface area contributed by atoms with Gasteiger partial charge in [-0.2, -0.15) is 0 Å². The number of amidine groups is 1. The summed E-state index contributed by atoms with van der Waals surface area (Å²) in [7, 11) is 2.01. The molecule has 0 atom stereocenters. The van der Waals surface area contributed by atoms with E-state index in [0.29, 0.717) is 39.0 Å². The molecule has 0 radical (unpaired) electrons. The fourth-order valence-corrected chi connectivity index (χ4v) is 2.23. The molecule has 1 aliphatic heterocycles. The summed E-state index contributed by atoms with van der Waals surface area (Å²) >= 11 is 0. The Hall–Kier alpha value is -0.850. The van der Waals surface area contributed by atoms with Crippen molar-refractivity contribution in [1.82, 2.24) is 4.90 Å². The van der Waals surface area contributed by atoms with Crippen molar-refractivity contribution < 1.29 is 15.1 Å². The van der Waals surface area contributed by atoms with E-state index in [1.165, 1.54) is 0 Å². The maximum atomic E-state index is 10.3. The predicted molar refractivity (Wildman–Crippen MR) is 69.8 cm³/mol. The third kappa shape index (κ3) is 5.66. The second-order valence-electron chi connectivity index (χ2n) is 5.12. The minimum Gasteiger partial charge on any atom is -0.409 e. The number of ether oxygens (including phenoxy) is 1. The zero-order valence-electron chi connectivity index (χ0n) is 11.1. The molecule has 0 aliphatic carbocycles. The van der Waals surface area contributed by atoms with Gasteiger partial charge in [0, 0.05) is 39.0 Å². The van der Waals surface area contributed by atoms with Crippen LogP contribution >= 0.6 is 0 Å². The van der Waals surface area contributed by atoms with Gasteiger partial charge >= 0.3 is 0 Å². The summed E-state index contributed by atoms with van der Waals surface area (Å²) in [5.74, 6) is 0.278. The molecule has 1 rings (SSSR count). The standard InChI is InChI=1S/C12H25N3O3/c1-15(7-3-2-4-11(13)14-17)10-12(16)5-8-18-9-6-12/h16-17H,2-10H2,1H3,(H2,13,14). The van der Waals surface area contributed by atoms with Crippen molar-refractivity contribution in [3.8, 4) is 0 Å². The van der Waals surface area contributed by atoms with Crippen molar-refractivity contribution in [3.05, 3.63) is 0 Å². The zero-order chi connectivity index (χ0) is 13.4. The van der Waals surface area contributed by atoms with E-state index in [9.17, 15) is 5.11 Å². The molecular formula is C12H25N3O3. The molecule has 1 fully saturated rings. The molecule has 106 valence electrons. The first-order valence-electron chi connectivity index (χ1n) is 6.51. The Morgan fingerprint density at radius 1 is 1.39 bits per heavy atom. The second kappa shape index (κ2) is 7.56. The molecule has 6 nitrogen and oxygen atoms in total. The quantitative estimate of drug-likeness (QED) is 0.202. The molecule has 1 saturated heterocycles. The normalized spacial score (nSPS) is 20.3. The van der Waals surface area contributed by atoms with Crippen LogP contribution in [0.2, 0.25) is 0 Å². The van der Waals surface area contributed by atoms with Gasteiger partial charge in [-0.25, -0.2) is 0 Å². The Morgan fingerprint density at radius 3 is 2.67 bits per heavy atom. The number of hydrogen-bond acceptors (Lipinski definition) is 5. The van der Waals surface area contributed by atoms with Crippen LogP contribution in [-0.4, -0.2) is 60.0 Å². The predicted octanol–water partition coefficient (Wildman–Crippen LogP) is 0.376. The molecule has 0 aromatic heterocycles. The first-order valence-corrected chi connectivity index (χ1v) is 6.51. The summed E-state index contributed by atoms with van der Waals surface area (Å²) in [6.45, 7) is 2.88. The Morgan fingerprint density at radius 2 is 2.06 bits per heavy atom. The number of rotatable bonds is 7. The average Bonchev–Trinajstić information content (AvgIpc) is 2.34. The Labute approximate surface area is 108 Å². The van der Waals surface area contributed by atoms with Gasteiger partial charge in [0.05, 0.1) is 5.60 Å². The number of hydrogen-bond donors (Lipinski definition) is 3. The van der Waals surface area contributed by atoms with Crippen LogP contribution in [0.1, 0.15) is 32.1 Å². The van der Waals surface area contributed by atoms with Crippen LogP contribution in [0.3, 0.4) is 0 Å². The van der Waals surface area contributed by atoms with E-state index in [4.69, 9.17) is 15.7 Å². The second-order valence-corrected chi connectivity index (χ2v) is 5.12. The monoisotopic (exact) mass is 259 g/mol. The summed E-state index contributed by atoms with van der Waals surface area (Å²) < 4.78 is 5.25. The minimum absolute atomic E-state index is 0.278. The number of unbranched alkanes of at least 4 members (excludes halogenated alkanes) is 1. The van der Waals surface area contributed by atoms with Crippen molar-refractivity contribution in [3.63, 3.8) is 0 Å². The van der Waals surface area contributed by atoms with E-state index in [1.54, 1.807) is 0 Å². The lowest BCUT2D eigenvalue weighted by molar-refractivity contribution is -0.0769. The summed E-state index contributed by atoms with van der Waals surface area (Å²) in [5, 5.41) is 21.7. The molecule has 1 aliphatic rings. The van der Waals surface area contributed by atoms with E-state index < -0.39 is 5.60 Å². The minimum atomic E-state index is -0.599. The molecule has 0 saturated carbocycles. The van der Waals surface area contributed by atoms with Crippen LogP contribution in [0.4, 0.5) is 0 Å². The van der Waals surface area contributed by atoms with Crippen LogP contribution in [0.15, 0.2) is 5.16 Å². The van der Waals surface area contributed by atoms with E-state index in [-0.39, 0.29) is 5.84 Å². The molecule has 0 amide bonds. The molecule has 0 spiro atoms. The number of likely N-dealkylation sites (N-methyl/N-ethyl adjacent to an activating group) is 1. The van der Waals surface area contributed by atoms with Crippen LogP contribution in [-0.2, 0) is 4.74 Å². The molecule has 18 heavy (non-hydrogen) atoms. The molecule has 1 heterocycles. The highest BCUT2D eigenvalue weighted by Gasteiger charge is 2.30. The van der Waals surface area contributed by atoms with Crippen LogP contribution in [0.25, 0.3) is 0 Å². The smallest absolute Gasteiger partial charge is 0.139 e. The van der Waals surface area contributed by atoms with Gasteiger partial charge in [0.2, 0.25) is 0 Å². The molecule has 0 aromatic rings. The van der Waals surface area contributed by atoms with Crippen molar-refractivity contribution in [2.24, 2.45) is 10.9 Å². The van der Waals surface area contributed by atoms with Gasteiger partial charge in [0.1, 0.15) is 5.84 Å². The lowest BCUT2D eigenvalue weighted by Crippen LogP contribution is -2.45. The number of oxime groups is 1. The Balaban J connectivity index is 2.14. The number of nitrogens with two attached hydrogens (primary N) is 1. The van der Waals surface area contributed by atoms with Gasteiger partial charge in [-0.3, -0.25) is 0 Å². The van der Waals surface area contributed by atoms with Crippen molar-refractivity contribution in [1.29, 1.82) is 0 Å².